The first-order valence-electron chi connectivity index (χ1n) is 6.59. The SMILES string of the molecule is CCOc1c(CC)nc2ccc(F)cc2c1C(=O)NC. The Bertz CT molecular complexity index is 656. The highest BCUT2D eigenvalue weighted by Crippen LogP contribution is 2.31. The van der Waals surface area contributed by atoms with Crippen LogP contribution in [0.1, 0.15) is 29.9 Å². The van der Waals surface area contributed by atoms with Gasteiger partial charge in [-0.25, -0.2) is 9.37 Å². The van der Waals surface area contributed by atoms with E-state index in [2.05, 4.69) is 10.3 Å². The molecule has 0 unspecified atom stereocenters. The normalized spacial score (nSPS) is 10.6. The average molecular weight is 276 g/mol. The molecule has 0 atom stereocenters. The summed E-state index contributed by atoms with van der Waals surface area (Å²) in [5, 5.41) is 3.04. The fourth-order valence-electron chi connectivity index (χ4n) is 2.16. The molecule has 0 bridgehead atoms. The molecule has 0 saturated carbocycles. The fourth-order valence-corrected chi connectivity index (χ4v) is 2.16. The number of nitrogens with zero attached hydrogens (tertiary/aromatic N) is 1. The van der Waals surface area contributed by atoms with Crippen LogP contribution in [0, 0.1) is 5.82 Å². The highest BCUT2D eigenvalue weighted by Gasteiger charge is 2.20. The zero-order valence-corrected chi connectivity index (χ0v) is 11.8. The third-order valence-corrected chi connectivity index (χ3v) is 3.05. The summed E-state index contributed by atoms with van der Waals surface area (Å²) in [6.07, 6.45) is 0.632. The summed E-state index contributed by atoms with van der Waals surface area (Å²) in [5.41, 5.74) is 1.63. The summed E-state index contributed by atoms with van der Waals surface area (Å²) >= 11 is 0. The van der Waals surface area contributed by atoms with Gasteiger partial charge >= 0.3 is 0 Å². The van der Waals surface area contributed by atoms with Gasteiger partial charge in [-0.15, -0.1) is 0 Å². The van der Waals surface area contributed by atoms with Crippen molar-refractivity contribution in [3.05, 3.63) is 35.3 Å². The lowest BCUT2D eigenvalue weighted by molar-refractivity contribution is 0.0961. The monoisotopic (exact) mass is 276 g/mol. The van der Waals surface area contributed by atoms with Crippen molar-refractivity contribution in [1.29, 1.82) is 0 Å². The number of hydrogen-bond donors (Lipinski definition) is 1. The van der Waals surface area contributed by atoms with Gasteiger partial charge < -0.3 is 10.1 Å². The van der Waals surface area contributed by atoms with Crippen molar-refractivity contribution in [1.82, 2.24) is 10.3 Å². The highest BCUT2D eigenvalue weighted by atomic mass is 19.1. The Morgan fingerprint density at radius 3 is 2.75 bits per heavy atom. The molecule has 1 amide bonds. The van der Waals surface area contributed by atoms with Crippen LogP contribution in [0.25, 0.3) is 10.9 Å². The molecule has 106 valence electrons. The maximum atomic E-state index is 13.5. The number of ether oxygens (including phenoxy) is 1. The molecule has 0 saturated heterocycles. The second-order valence-corrected chi connectivity index (χ2v) is 4.29. The Labute approximate surface area is 117 Å². The van der Waals surface area contributed by atoms with E-state index in [1.54, 1.807) is 6.07 Å². The number of hydrogen-bond acceptors (Lipinski definition) is 3. The van der Waals surface area contributed by atoms with Crippen LogP contribution in [0.15, 0.2) is 18.2 Å². The van der Waals surface area contributed by atoms with Gasteiger partial charge in [-0.05, 0) is 31.5 Å². The molecule has 4 nitrogen and oxygen atoms in total. The van der Waals surface area contributed by atoms with E-state index in [4.69, 9.17) is 4.74 Å². The smallest absolute Gasteiger partial charge is 0.255 e. The van der Waals surface area contributed by atoms with E-state index in [1.165, 1.54) is 19.2 Å². The van der Waals surface area contributed by atoms with Crippen molar-refractivity contribution in [2.24, 2.45) is 0 Å². The zero-order chi connectivity index (χ0) is 14.7. The molecule has 2 rings (SSSR count). The molecule has 1 N–H and O–H groups in total. The predicted octanol–water partition coefficient (Wildman–Crippen LogP) is 2.69. The minimum Gasteiger partial charge on any atom is -0.491 e. The van der Waals surface area contributed by atoms with Gasteiger partial charge in [0.15, 0.2) is 5.75 Å². The third kappa shape index (κ3) is 2.43. The molecule has 0 aliphatic carbocycles. The Morgan fingerprint density at radius 1 is 1.40 bits per heavy atom. The molecule has 0 aliphatic rings. The van der Waals surface area contributed by atoms with Crippen LogP contribution in [0.3, 0.4) is 0 Å². The van der Waals surface area contributed by atoms with E-state index in [9.17, 15) is 9.18 Å². The number of rotatable bonds is 4. The number of carbonyl (C=O) groups is 1. The molecule has 1 heterocycles. The van der Waals surface area contributed by atoms with Crippen molar-refractivity contribution >= 4 is 16.8 Å². The number of aromatic nitrogens is 1. The van der Waals surface area contributed by atoms with Gasteiger partial charge in [0.1, 0.15) is 5.82 Å². The van der Waals surface area contributed by atoms with Crippen molar-refractivity contribution in [3.63, 3.8) is 0 Å². The van der Waals surface area contributed by atoms with Crippen LogP contribution < -0.4 is 10.1 Å². The quantitative estimate of drug-likeness (QED) is 0.934. The van der Waals surface area contributed by atoms with Crippen LogP contribution >= 0.6 is 0 Å². The van der Waals surface area contributed by atoms with Gasteiger partial charge in [-0.3, -0.25) is 4.79 Å². The summed E-state index contributed by atoms with van der Waals surface area (Å²) in [6.45, 7) is 4.19. The number of fused-ring (bicyclic) bond motifs is 1. The molecular formula is C15H17FN2O2. The van der Waals surface area contributed by atoms with Crippen LogP contribution in [0.5, 0.6) is 5.75 Å². The Morgan fingerprint density at radius 2 is 2.15 bits per heavy atom. The Hall–Kier alpha value is -2.17. The van der Waals surface area contributed by atoms with Gasteiger partial charge in [0.05, 0.1) is 23.4 Å². The molecule has 0 fully saturated rings. The molecule has 0 aliphatic heterocycles. The van der Waals surface area contributed by atoms with Gasteiger partial charge in [0, 0.05) is 12.4 Å². The Kier molecular flexibility index (Phi) is 4.17. The van der Waals surface area contributed by atoms with Gasteiger partial charge in [0.2, 0.25) is 0 Å². The van der Waals surface area contributed by atoms with Crippen molar-refractivity contribution in [2.75, 3.05) is 13.7 Å². The average Bonchev–Trinajstić information content (AvgIpc) is 2.46. The molecule has 0 radical (unpaired) electrons. The maximum Gasteiger partial charge on any atom is 0.255 e. The minimum absolute atomic E-state index is 0.304. The van der Waals surface area contributed by atoms with Gasteiger partial charge in [0.25, 0.3) is 5.91 Å². The molecule has 0 spiro atoms. The summed E-state index contributed by atoms with van der Waals surface area (Å²) in [5.74, 6) is -0.273. The van der Waals surface area contributed by atoms with Gasteiger partial charge in [-0.2, -0.15) is 0 Å². The number of benzene rings is 1. The van der Waals surface area contributed by atoms with Crippen molar-refractivity contribution in [2.45, 2.75) is 20.3 Å². The minimum atomic E-state index is -0.406. The van der Waals surface area contributed by atoms with Crippen molar-refractivity contribution in [3.8, 4) is 5.75 Å². The third-order valence-electron chi connectivity index (χ3n) is 3.05. The van der Waals surface area contributed by atoms with E-state index < -0.39 is 5.82 Å². The summed E-state index contributed by atoms with van der Waals surface area (Å²) < 4.78 is 19.1. The first kappa shape index (κ1) is 14.2. The van der Waals surface area contributed by atoms with Gasteiger partial charge in [-0.1, -0.05) is 6.92 Å². The molecule has 5 heteroatoms. The molecular weight excluding hydrogens is 259 g/mol. The molecule has 1 aromatic heterocycles. The van der Waals surface area contributed by atoms with E-state index in [1.807, 2.05) is 13.8 Å². The number of halogens is 1. The first-order chi connectivity index (χ1) is 9.62. The summed E-state index contributed by atoms with van der Waals surface area (Å²) in [6, 6.07) is 4.23. The molecule has 20 heavy (non-hydrogen) atoms. The lowest BCUT2D eigenvalue weighted by atomic mass is 10.0. The van der Waals surface area contributed by atoms with Crippen LogP contribution in [-0.2, 0) is 6.42 Å². The summed E-state index contributed by atoms with van der Waals surface area (Å²) in [7, 11) is 1.54. The zero-order valence-electron chi connectivity index (χ0n) is 11.8. The maximum absolute atomic E-state index is 13.5. The summed E-state index contributed by atoms with van der Waals surface area (Å²) in [4.78, 5) is 16.6. The number of amides is 1. The number of carbonyl (C=O) groups excluding carboxylic acids is 1. The van der Waals surface area contributed by atoms with E-state index in [0.717, 1.165) is 0 Å². The number of pyridine rings is 1. The number of nitrogens with one attached hydrogen (secondary N) is 1. The van der Waals surface area contributed by atoms with Crippen LogP contribution in [0.4, 0.5) is 4.39 Å². The van der Waals surface area contributed by atoms with Crippen molar-refractivity contribution < 1.29 is 13.9 Å². The number of aryl methyl sites for hydroxylation is 1. The lowest BCUT2D eigenvalue weighted by Crippen LogP contribution is -2.20. The fraction of sp³-hybridized carbons (Fsp3) is 0.333. The molecule has 2 aromatic rings. The second-order valence-electron chi connectivity index (χ2n) is 4.29. The van der Waals surface area contributed by atoms with Crippen LogP contribution in [0.2, 0.25) is 0 Å². The van der Waals surface area contributed by atoms with E-state index in [0.29, 0.717) is 40.9 Å². The molecule has 1 aromatic carbocycles. The standard InChI is InChI=1S/C15H17FN2O2/c1-4-11-14(20-5-2)13(15(19)17-3)10-8-9(16)6-7-12(10)18-11/h6-8H,4-5H2,1-3H3,(H,17,19). The largest absolute Gasteiger partial charge is 0.491 e. The Balaban J connectivity index is 2.86. The van der Waals surface area contributed by atoms with E-state index in [-0.39, 0.29) is 5.91 Å². The second kappa shape index (κ2) is 5.86. The predicted molar refractivity (Wildman–Crippen MR) is 75.6 cm³/mol. The first-order valence-corrected chi connectivity index (χ1v) is 6.59. The lowest BCUT2D eigenvalue weighted by Gasteiger charge is -2.15. The topological polar surface area (TPSA) is 51.2 Å². The van der Waals surface area contributed by atoms with Crippen LogP contribution in [-0.4, -0.2) is 24.5 Å². The van der Waals surface area contributed by atoms with E-state index >= 15 is 0 Å². The highest BCUT2D eigenvalue weighted by molar-refractivity contribution is 6.08.